The minimum atomic E-state index is -1.09. The second kappa shape index (κ2) is 10.3. The van der Waals surface area contributed by atoms with Crippen molar-refractivity contribution in [1.29, 1.82) is 0 Å². The number of H-pyrrole nitrogens is 1. The molecule has 5 rings (SSSR count). The highest BCUT2D eigenvalue weighted by Gasteiger charge is 2.34. The number of carbonyl (C=O) groups excluding carboxylic acids is 2. The Balaban J connectivity index is 1.57. The van der Waals surface area contributed by atoms with Gasteiger partial charge in [0, 0.05) is 28.8 Å². The Hall–Kier alpha value is -4.00. The van der Waals surface area contributed by atoms with Crippen molar-refractivity contribution < 1.29 is 18.4 Å². The maximum atomic E-state index is 14.3. The van der Waals surface area contributed by atoms with E-state index in [1.165, 1.54) is 47.4 Å². The molecule has 0 saturated heterocycles. The summed E-state index contributed by atoms with van der Waals surface area (Å²) in [6, 6.07) is 17.7. The van der Waals surface area contributed by atoms with Crippen molar-refractivity contribution in [3.05, 3.63) is 102 Å². The van der Waals surface area contributed by atoms with Crippen molar-refractivity contribution in [3.63, 3.8) is 0 Å². The van der Waals surface area contributed by atoms with Gasteiger partial charge >= 0.3 is 0 Å². The fourth-order valence-electron chi connectivity index (χ4n) is 5.00. The van der Waals surface area contributed by atoms with E-state index in [1.807, 2.05) is 24.3 Å². The molecule has 1 fully saturated rings. The Morgan fingerprint density at radius 1 is 0.944 bits per heavy atom. The molecule has 1 aliphatic rings. The smallest absolute Gasteiger partial charge is 0.248 e. The van der Waals surface area contributed by atoms with Gasteiger partial charge in [-0.2, -0.15) is 0 Å². The second-order valence-electron chi connectivity index (χ2n) is 9.22. The molecule has 3 aromatic carbocycles. The first-order valence-electron chi connectivity index (χ1n) is 12.2. The van der Waals surface area contributed by atoms with Crippen LogP contribution in [0.25, 0.3) is 10.9 Å². The van der Waals surface area contributed by atoms with Gasteiger partial charge in [-0.1, -0.05) is 49.2 Å². The summed E-state index contributed by atoms with van der Waals surface area (Å²) < 4.78 is 28.1. The van der Waals surface area contributed by atoms with E-state index in [0.29, 0.717) is 5.56 Å². The Kier molecular flexibility index (Phi) is 6.80. The lowest BCUT2D eigenvalue weighted by atomic mass is 10.0. The third-order valence-corrected chi connectivity index (χ3v) is 6.77. The summed E-state index contributed by atoms with van der Waals surface area (Å²) in [5, 5.41) is 3.98. The number of aromatic amines is 1. The fraction of sp³-hybridized carbons (Fsp3) is 0.241. The van der Waals surface area contributed by atoms with Crippen molar-refractivity contribution in [2.24, 2.45) is 0 Å². The quantitative estimate of drug-likeness (QED) is 0.345. The molecular formula is C29H27F2N3O2. The van der Waals surface area contributed by atoms with Crippen LogP contribution in [0.2, 0.25) is 0 Å². The summed E-state index contributed by atoms with van der Waals surface area (Å²) in [6.45, 7) is 0. The van der Waals surface area contributed by atoms with Gasteiger partial charge in [-0.25, -0.2) is 8.78 Å². The van der Waals surface area contributed by atoms with Gasteiger partial charge in [-0.15, -0.1) is 0 Å². The van der Waals surface area contributed by atoms with Gasteiger partial charge < -0.3 is 10.3 Å². The minimum Gasteiger partial charge on any atom is -0.361 e. The first kappa shape index (κ1) is 23.7. The number of para-hydroxylation sites is 1. The number of hydrogen-bond donors (Lipinski definition) is 2. The van der Waals surface area contributed by atoms with E-state index < -0.39 is 17.7 Å². The molecule has 0 radical (unpaired) electrons. The molecule has 1 aromatic heterocycles. The number of amides is 2. The molecule has 5 nitrogen and oxygen atoms in total. The molecule has 1 atom stereocenters. The molecule has 2 amide bonds. The number of hydrogen-bond acceptors (Lipinski definition) is 2. The van der Waals surface area contributed by atoms with Crippen LogP contribution in [0.3, 0.4) is 0 Å². The van der Waals surface area contributed by atoms with E-state index >= 15 is 0 Å². The van der Waals surface area contributed by atoms with Gasteiger partial charge in [0.15, 0.2) is 0 Å². The summed E-state index contributed by atoms with van der Waals surface area (Å²) >= 11 is 0. The molecule has 36 heavy (non-hydrogen) atoms. The number of benzene rings is 3. The number of halogens is 2. The highest BCUT2D eigenvalue weighted by molar-refractivity contribution is 6.03. The van der Waals surface area contributed by atoms with Gasteiger partial charge in [-0.3, -0.25) is 14.5 Å². The molecule has 7 heteroatoms. The number of anilines is 1. The molecule has 0 bridgehead atoms. The molecule has 4 aromatic rings. The fourth-order valence-corrected chi connectivity index (χ4v) is 5.00. The standard InChI is InChI=1S/C29H27F2N3O2/c30-21-14-12-19(13-15-21)28(29(36)33-23-7-1-2-8-23)34(24-9-5-6-22(31)17-24)27(35)16-20-18-32-26-11-4-3-10-25(20)26/h3-6,9-15,17-18,23,28,32H,1-2,7-8,16H2,(H,33,36)/t28-/m1/s1. The molecule has 0 spiro atoms. The van der Waals surface area contributed by atoms with Gasteiger partial charge in [-0.05, 0) is 60.4 Å². The van der Waals surface area contributed by atoms with E-state index in [2.05, 4.69) is 10.3 Å². The predicted octanol–water partition coefficient (Wildman–Crippen LogP) is 5.82. The zero-order chi connectivity index (χ0) is 25.1. The summed E-state index contributed by atoms with van der Waals surface area (Å²) in [5.74, 6) is -1.71. The first-order chi connectivity index (χ1) is 17.5. The van der Waals surface area contributed by atoms with Crippen LogP contribution in [-0.4, -0.2) is 22.8 Å². The lowest BCUT2D eigenvalue weighted by molar-refractivity contribution is -0.127. The number of fused-ring (bicyclic) bond motifs is 1. The molecule has 184 valence electrons. The summed E-state index contributed by atoms with van der Waals surface area (Å²) in [4.78, 5) is 32.1. The van der Waals surface area contributed by atoms with Crippen LogP contribution < -0.4 is 10.2 Å². The highest BCUT2D eigenvalue weighted by atomic mass is 19.1. The van der Waals surface area contributed by atoms with Gasteiger partial charge in [0.25, 0.3) is 0 Å². The third-order valence-electron chi connectivity index (χ3n) is 6.77. The molecule has 1 aliphatic carbocycles. The molecule has 2 N–H and O–H groups in total. The largest absolute Gasteiger partial charge is 0.361 e. The number of carbonyl (C=O) groups is 2. The highest BCUT2D eigenvalue weighted by Crippen LogP contribution is 2.31. The maximum Gasteiger partial charge on any atom is 0.248 e. The van der Waals surface area contributed by atoms with Gasteiger partial charge in [0.1, 0.15) is 17.7 Å². The lowest BCUT2D eigenvalue weighted by Gasteiger charge is -2.32. The summed E-state index contributed by atoms with van der Waals surface area (Å²) in [6.07, 6.45) is 5.56. The Labute approximate surface area is 208 Å². The number of aromatic nitrogens is 1. The van der Waals surface area contributed by atoms with E-state index in [4.69, 9.17) is 0 Å². The van der Waals surface area contributed by atoms with Crippen LogP contribution in [0.5, 0.6) is 0 Å². The molecule has 1 heterocycles. The summed E-state index contributed by atoms with van der Waals surface area (Å²) in [7, 11) is 0. The van der Waals surface area contributed by atoms with E-state index in [1.54, 1.807) is 12.3 Å². The van der Waals surface area contributed by atoms with Crippen molar-refractivity contribution in [2.45, 2.75) is 44.2 Å². The van der Waals surface area contributed by atoms with Crippen LogP contribution in [0.1, 0.15) is 42.9 Å². The van der Waals surface area contributed by atoms with Crippen molar-refractivity contribution in [2.75, 3.05) is 4.90 Å². The molecule has 1 saturated carbocycles. The Morgan fingerprint density at radius 2 is 1.69 bits per heavy atom. The predicted molar refractivity (Wildman–Crippen MR) is 135 cm³/mol. The topological polar surface area (TPSA) is 65.2 Å². The number of rotatable bonds is 7. The van der Waals surface area contributed by atoms with Crippen LogP contribution in [0, 0.1) is 11.6 Å². The van der Waals surface area contributed by atoms with Crippen molar-refractivity contribution in [1.82, 2.24) is 10.3 Å². The second-order valence-corrected chi connectivity index (χ2v) is 9.22. The van der Waals surface area contributed by atoms with E-state index in [9.17, 15) is 18.4 Å². The average Bonchev–Trinajstić information content (AvgIpc) is 3.53. The average molecular weight is 488 g/mol. The monoisotopic (exact) mass is 487 g/mol. The molecule has 0 unspecified atom stereocenters. The SMILES string of the molecule is O=C(NC1CCCC1)[C@@H](c1ccc(F)cc1)N(C(=O)Cc1c[nH]c2ccccc12)c1cccc(F)c1. The maximum absolute atomic E-state index is 14.3. The van der Waals surface area contributed by atoms with Crippen LogP contribution in [0.15, 0.2) is 79.0 Å². The van der Waals surface area contributed by atoms with Gasteiger partial charge in [0.05, 0.1) is 6.42 Å². The Morgan fingerprint density at radius 3 is 2.44 bits per heavy atom. The van der Waals surface area contributed by atoms with Gasteiger partial charge in [0.2, 0.25) is 11.8 Å². The first-order valence-corrected chi connectivity index (χ1v) is 12.2. The molecule has 0 aliphatic heterocycles. The lowest BCUT2D eigenvalue weighted by Crippen LogP contribution is -2.47. The normalized spacial score (nSPS) is 14.6. The zero-order valence-electron chi connectivity index (χ0n) is 19.7. The van der Waals surface area contributed by atoms with Crippen LogP contribution >= 0.6 is 0 Å². The van der Waals surface area contributed by atoms with Crippen molar-refractivity contribution >= 4 is 28.4 Å². The summed E-state index contributed by atoms with van der Waals surface area (Å²) in [5.41, 5.74) is 2.37. The van der Waals surface area contributed by atoms with Crippen LogP contribution in [-0.2, 0) is 16.0 Å². The van der Waals surface area contributed by atoms with Crippen molar-refractivity contribution in [3.8, 4) is 0 Å². The molecular weight excluding hydrogens is 460 g/mol. The van der Waals surface area contributed by atoms with Crippen LogP contribution in [0.4, 0.5) is 14.5 Å². The Bertz CT molecular complexity index is 1380. The third kappa shape index (κ3) is 5.00. The number of nitrogens with one attached hydrogen (secondary N) is 2. The van der Waals surface area contributed by atoms with E-state index in [0.717, 1.165) is 42.1 Å². The minimum absolute atomic E-state index is 0.00503. The van der Waals surface area contributed by atoms with E-state index in [-0.39, 0.29) is 30.0 Å². The zero-order valence-corrected chi connectivity index (χ0v) is 19.7. The number of nitrogens with zero attached hydrogens (tertiary/aromatic N) is 1.